The van der Waals surface area contributed by atoms with Crippen molar-refractivity contribution in [2.24, 2.45) is 0 Å². The largest absolute Gasteiger partial charge is 0.366 e. The molecule has 1 aromatic heterocycles. The maximum Gasteiger partial charge on any atom is 0.274 e. The molecule has 0 saturated carbocycles. The van der Waals surface area contributed by atoms with Gasteiger partial charge in [-0.2, -0.15) is 0 Å². The predicted octanol–water partition coefficient (Wildman–Crippen LogP) is 4.41. The van der Waals surface area contributed by atoms with Crippen LogP contribution in [0.15, 0.2) is 65.1 Å². The van der Waals surface area contributed by atoms with Crippen molar-refractivity contribution in [3.05, 3.63) is 82.2 Å². The summed E-state index contributed by atoms with van der Waals surface area (Å²) in [5.74, 6) is 0.895. The Hall–Kier alpha value is -2.73. The van der Waals surface area contributed by atoms with Crippen molar-refractivity contribution in [3.8, 4) is 0 Å². The predicted molar refractivity (Wildman–Crippen MR) is 103 cm³/mol. The van der Waals surface area contributed by atoms with Gasteiger partial charge in [0.05, 0.1) is 0 Å². The summed E-state index contributed by atoms with van der Waals surface area (Å²) in [4.78, 5) is 21.0. The number of halogens is 1. The van der Waals surface area contributed by atoms with Gasteiger partial charge in [0, 0.05) is 22.8 Å². The summed E-state index contributed by atoms with van der Waals surface area (Å²) in [5, 5.41) is 6.07. The number of aromatic nitrogens is 2. The van der Waals surface area contributed by atoms with E-state index in [4.69, 9.17) is 0 Å². The van der Waals surface area contributed by atoms with Gasteiger partial charge < -0.3 is 10.6 Å². The van der Waals surface area contributed by atoms with Crippen molar-refractivity contribution in [1.29, 1.82) is 0 Å². The number of hydrogen-bond acceptors (Lipinski definition) is 4. The minimum Gasteiger partial charge on any atom is -0.366 e. The van der Waals surface area contributed by atoms with Gasteiger partial charge in [-0.05, 0) is 36.8 Å². The van der Waals surface area contributed by atoms with Crippen LogP contribution in [-0.4, -0.2) is 15.9 Å². The number of benzene rings is 2. The Morgan fingerprint density at radius 3 is 2.48 bits per heavy atom. The van der Waals surface area contributed by atoms with E-state index in [1.54, 1.807) is 13.0 Å². The molecule has 25 heavy (non-hydrogen) atoms. The second-order valence-corrected chi connectivity index (χ2v) is 6.40. The molecule has 0 aliphatic heterocycles. The first kappa shape index (κ1) is 17.1. The molecule has 2 N–H and O–H groups in total. The van der Waals surface area contributed by atoms with Gasteiger partial charge in [-0.1, -0.05) is 46.3 Å². The number of anilines is 2. The molecule has 1 heterocycles. The highest BCUT2D eigenvalue weighted by atomic mass is 79.9. The second-order valence-electron chi connectivity index (χ2n) is 5.49. The van der Waals surface area contributed by atoms with Crippen LogP contribution in [0.3, 0.4) is 0 Å². The third-order valence-electron chi connectivity index (χ3n) is 3.49. The van der Waals surface area contributed by atoms with Crippen molar-refractivity contribution in [3.63, 3.8) is 0 Å². The number of carbonyl (C=O) groups is 1. The topological polar surface area (TPSA) is 66.9 Å². The zero-order chi connectivity index (χ0) is 17.6. The first-order valence-electron chi connectivity index (χ1n) is 7.80. The molecule has 5 nitrogen and oxygen atoms in total. The van der Waals surface area contributed by atoms with Gasteiger partial charge >= 0.3 is 0 Å². The third kappa shape index (κ3) is 4.87. The fourth-order valence-electron chi connectivity index (χ4n) is 2.29. The van der Waals surface area contributed by atoms with E-state index in [2.05, 4.69) is 36.5 Å². The summed E-state index contributed by atoms with van der Waals surface area (Å²) in [6.45, 7) is 2.40. The Morgan fingerprint density at radius 1 is 1.04 bits per heavy atom. The Labute approximate surface area is 154 Å². The van der Waals surface area contributed by atoms with E-state index in [1.807, 2.05) is 54.6 Å². The minimum atomic E-state index is -0.268. The lowest BCUT2D eigenvalue weighted by molar-refractivity contribution is 0.102. The van der Waals surface area contributed by atoms with Gasteiger partial charge in [-0.15, -0.1) is 0 Å². The highest BCUT2D eigenvalue weighted by Gasteiger charge is 2.11. The fourth-order valence-corrected chi connectivity index (χ4v) is 2.56. The van der Waals surface area contributed by atoms with Gasteiger partial charge in [0.1, 0.15) is 17.3 Å². The van der Waals surface area contributed by atoms with Gasteiger partial charge in [0.25, 0.3) is 5.91 Å². The lowest BCUT2D eigenvalue weighted by Crippen LogP contribution is -2.15. The van der Waals surface area contributed by atoms with Crippen LogP contribution in [0.1, 0.15) is 21.9 Å². The third-order valence-corrected chi connectivity index (χ3v) is 4.02. The average Bonchev–Trinajstić information content (AvgIpc) is 2.62. The van der Waals surface area contributed by atoms with E-state index in [0.717, 1.165) is 10.0 Å². The van der Waals surface area contributed by atoms with E-state index in [9.17, 15) is 4.79 Å². The van der Waals surface area contributed by atoms with E-state index in [1.165, 1.54) is 0 Å². The maximum atomic E-state index is 12.4. The number of carbonyl (C=O) groups excluding carboxylic acids is 1. The Kier molecular flexibility index (Phi) is 5.40. The first-order chi connectivity index (χ1) is 12.1. The van der Waals surface area contributed by atoms with E-state index in [0.29, 0.717) is 29.6 Å². The lowest BCUT2D eigenvalue weighted by Gasteiger charge is -2.09. The number of aryl methyl sites for hydroxylation is 1. The molecule has 3 rings (SSSR count). The van der Waals surface area contributed by atoms with Crippen LogP contribution >= 0.6 is 15.9 Å². The Morgan fingerprint density at radius 2 is 1.76 bits per heavy atom. The molecule has 0 fully saturated rings. The minimum absolute atomic E-state index is 0.268. The van der Waals surface area contributed by atoms with E-state index >= 15 is 0 Å². The zero-order valence-electron chi connectivity index (χ0n) is 13.7. The first-order valence-corrected chi connectivity index (χ1v) is 8.60. The molecule has 0 bridgehead atoms. The van der Waals surface area contributed by atoms with Crippen LogP contribution in [0.4, 0.5) is 11.5 Å². The Bertz CT molecular complexity index is 866. The second kappa shape index (κ2) is 7.90. The summed E-state index contributed by atoms with van der Waals surface area (Å²) < 4.78 is 0.954. The molecule has 0 atom stereocenters. The van der Waals surface area contributed by atoms with Gasteiger partial charge in [0.2, 0.25) is 0 Å². The van der Waals surface area contributed by atoms with Crippen molar-refractivity contribution in [1.82, 2.24) is 9.97 Å². The van der Waals surface area contributed by atoms with Gasteiger partial charge in [-0.3, -0.25) is 4.79 Å². The van der Waals surface area contributed by atoms with Crippen LogP contribution in [0.2, 0.25) is 0 Å². The number of hydrogen-bond donors (Lipinski definition) is 2. The number of rotatable bonds is 5. The van der Waals surface area contributed by atoms with Crippen LogP contribution in [0.5, 0.6) is 0 Å². The molecule has 126 valence electrons. The maximum absolute atomic E-state index is 12.4. The molecular formula is C19H17BrN4O. The number of nitrogens with one attached hydrogen (secondary N) is 2. The summed E-state index contributed by atoms with van der Waals surface area (Å²) in [6, 6.07) is 19.0. The highest BCUT2D eigenvalue weighted by molar-refractivity contribution is 9.10. The lowest BCUT2D eigenvalue weighted by atomic mass is 10.2. The van der Waals surface area contributed by atoms with E-state index < -0.39 is 0 Å². The fraction of sp³-hybridized carbons (Fsp3) is 0.105. The van der Waals surface area contributed by atoms with Crippen LogP contribution in [0, 0.1) is 6.92 Å². The van der Waals surface area contributed by atoms with Crippen molar-refractivity contribution in [2.45, 2.75) is 13.5 Å². The van der Waals surface area contributed by atoms with Gasteiger partial charge in [0.15, 0.2) is 0 Å². The molecule has 1 amide bonds. The molecule has 0 aliphatic rings. The smallest absolute Gasteiger partial charge is 0.274 e. The van der Waals surface area contributed by atoms with Crippen LogP contribution < -0.4 is 10.6 Å². The van der Waals surface area contributed by atoms with Crippen molar-refractivity contribution in [2.75, 3.05) is 10.6 Å². The molecule has 0 aliphatic carbocycles. The number of amides is 1. The molecule has 0 saturated heterocycles. The standard InChI is InChI=1S/C19H17BrN4O/c1-13-22-17(19(25)24-16-9-7-15(20)8-10-16)11-18(23-13)21-12-14-5-3-2-4-6-14/h2-11H,12H2,1H3,(H,24,25)(H,21,22,23). The summed E-state index contributed by atoms with van der Waals surface area (Å²) in [6.07, 6.45) is 0. The summed E-state index contributed by atoms with van der Waals surface area (Å²) >= 11 is 3.37. The van der Waals surface area contributed by atoms with Crippen LogP contribution in [0.25, 0.3) is 0 Å². The Balaban J connectivity index is 1.72. The average molecular weight is 397 g/mol. The van der Waals surface area contributed by atoms with Gasteiger partial charge in [-0.25, -0.2) is 9.97 Å². The quantitative estimate of drug-likeness (QED) is 0.669. The zero-order valence-corrected chi connectivity index (χ0v) is 15.2. The molecule has 0 spiro atoms. The summed E-state index contributed by atoms with van der Waals surface area (Å²) in [7, 11) is 0. The molecule has 0 unspecified atom stereocenters. The number of nitrogens with zero attached hydrogens (tertiary/aromatic N) is 2. The van der Waals surface area contributed by atoms with E-state index in [-0.39, 0.29) is 5.91 Å². The molecule has 6 heteroatoms. The summed E-state index contributed by atoms with van der Waals surface area (Å²) in [5.41, 5.74) is 2.17. The van der Waals surface area contributed by atoms with Crippen molar-refractivity contribution >= 4 is 33.3 Å². The molecule has 0 radical (unpaired) electrons. The monoisotopic (exact) mass is 396 g/mol. The molecular weight excluding hydrogens is 380 g/mol. The highest BCUT2D eigenvalue weighted by Crippen LogP contribution is 2.16. The SMILES string of the molecule is Cc1nc(NCc2ccccc2)cc(C(=O)Nc2ccc(Br)cc2)n1. The van der Waals surface area contributed by atoms with Crippen LogP contribution in [-0.2, 0) is 6.54 Å². The normalized spacial score (nSPS) is 10.3. The van der Waals surface area contributed by atoms with Crippen molar-refractivity contribution < 1.29 is 4.79 Å². The molecule has 2 aromatic carbocycles. The molecule has 3 aromatic rings.